The van der Waals surface area contributed by atoms with E-state index in [-0.39, 0.29) is 30.6 Å². The van der Waals surface area contributed by atoms with Gasteiger partial charge in [0.25, 0.3) is 5.91 Å². The van der Waals surface area contributed by atoms with Gasteiger partial charge in [0.05, 0.1) is 12.6 Å². The Morgan fingerprint density at radius 3 is 2.77 bits per heavy atom. The standard InChI is InChI=1S/C25H33N3O3/c1-5-9-21-12-22-24(26-13-21)31-23(16-27(4)15-20-10-7-6-8-11-20)18(2)14-28(25(22)30)19(3)17-29/h5-13,18-19,23,29H,14-17H2,1-4H3/b9-5+/t18-,19+,23-/m1/s1. The van der Waals surface area contributed by atoms with Gasteiger partial charge in [0.15, 0.2) is 0 Å². The van der Waals surface area contributed by atoms with Crippen LogP contribution in [0.1, 0.15) is 42.3 Å². The number of hydrogen-bond acceptors (Lipinski definition) is 5. The highest BCUT2D eigenvalue weighted by Crippen LogP contribution is 2.27. The Morgan fingerprint density at radius 1 is 1.35 bits per heavy atom. The van der Waals surface area contributed by atoms with Crippen LogP contribution >= 0.6 is 0 Å². The van der Waals surface area contributed by atoms with E-state index in [2.05, 4.69) is 36.0 Å². The Bertz CT molecular complexity index is 900. The van der Waals surface area contributed by atoms with Crippen molar-refractivity contribution < 1.29 is 14.6 Å². The smallest absolute Gasteiger partial charge is 0.259 e. The second-order valence-electron chi connectivity index (χ2n) is 8.43. The minimum atomic E-state index is -0.283. The maximum absolute atomic E-state index is 13.3. The van der Waals surface area contributed by atoms with Gasteiger partial charge in [0.1, 0.15) is 11.7 Å². The molecule has 1 aromatic carbocycles. The van der Waals surface area contributed by atoms with Crippen molar-refractivity contribution in [1.29, 1.82) is 0 Å². The molecule has 2 heterocycles. The van der Waals surface area contributed by atoms with Gasteiger partial charge in [-0.05, 0) is 38.1 Å². The third-order valence-corrected chi connectivity index (χ3v) is 5.69. The van der Waals surface area contributed by atoms with E-state index < -0.39 is 0 Å². The zero-order valence-corrected chi connectivity index (χ0v) is 18.9. The van der Waals surface area contributed by atoms with E-state index >= 15 is 0 Å². The fourth-order valence-corrected chi connectivity index (χ4v) is 3.89. The lowest BCUT2D eigenvalue weighted by molar-refractivity contribution is 0.0325. The number of aliphatic hydroxyl groups is 1. The summed E-state index contributed by atoms with van der Waals surface area (Å²) in [7, 11) is 2.07. The minimum Gasteiger partial charge on any atom is -0.472 e. The number of carbonyl (C=O) groups is 1. The van der Waals surface area contributed by atoms with Crippen LogP contribution in [0.25, 0.3) is 6.08 Å². The number of aromatic nitrogens is 1. The maximum Gasteiger partial charge on any atom is 0.259 e. The third kappa shape index (κ3) is 5.71. The van der Waals surface area contributed by atoms with Crippen LogP contribution in [0.2, 0.25) is 0 Å². The van der Waals surface area contributed by atoms with E-state index in [0.29, 0.717) is 24.5 Å². The summed E-state index contributed by atoms with van der Waals surface area (Å²) in [6, 6.07) is 11.9. The topological polar surface area (TPSA) is 65.9 Å². The van der Waals surface area contributed by atoms with Gasteiger partial charge in [0.2, 0.25) is 5.88 Å². The molecule has 0 unspecified atom stereocenters. The molecule has 1 aliphatic heterocycles. The number of aliphatic hydroxyl groups excluding tert-OH is 1. The fraction of sp³-hybridized carbons (Fsp3) is 0.440. The van der Waals surface area contributed by atoms with Crippen LogP contribution in [0.4, 0.5) is 0 Å². The molecule has 0 fully saturated rings. The lowest BCUT2D eigenvalue weighted by Gasteiger charge is -2.37. The monoisotopic (exact) mass is 423 g/mol. The maximum atomic E-state index is 13.3. The summed E-state index contributed by atoms with van der Waals surface area (Å²) in [5.74, 6) is 0.276. The van der Waals surface area contributed by atoms with E-state index in [1.807, 2.05) is 50.3 Å². The molecule has 1 aromatic heterocycles. The molecule has 1 aliphatic rings. The van der Waals surface area contributed by atoms with Gasteiger partial charge in [-0.1, -0.05) is 49.4 Å². The lowest BCUT2D eigenvalue weighted by atomic mass is 9.99. The van der Waals surface area contributed by atoms with Gasteiger partial charge in [0, 0.05) is 31.7 Å². The molecule has 0 radical (unpaired) electrons. The second kappa shape index (κ2) is 10.6. The van der Waals surface area contributed by atoms with Crippen molar-refractivity contribution in [3.05, 3.63) is 65.4 Å². The molecule has 3 atom stereocenters. The number of ether oxygens (including phenoxy) is 1. The van der Waals surface area contributed by atoms with E-state index in [1.54, 1.807) is 11.1 Å². The summed E-state index contributed by atoms with van der Waals surface area (Å²) in [6.45, 7) is 7.81. The molecule has 0 saturated heterocycles. The predicted octanol–water partition coefficient (Wildman–Crippen LogP) is 3.47. The Morgan fingerprint density at radius 2 is 2.10 bits per heavy atom. The first kappa shape index (κ1) is 23.0. The van der Waals surface area contributed by atoms with Crippen LogP contribution in [0.3, 0.4) is 0 Å². The Kier molecular flexibility index (Phi) is 7.82. The third-order valence-electron chi connectivity index (χ3n) is 5.69. The molecule has 6 heteroatoms. The fourth-order valence-electron chi connectivity index (χ4n) is 3.89. The number of likely N-dealkylation sites (N-methyl/N-ethyl adjacent to an activating group) is 1. The first-order valence-electron chi connectivity index (χ1n) is 10.9. The normalized spacial score (nSPS) is 20.3. The predicted molar refractivity (Wildman–Crippen MR) is 123 cm³/mol. The average molecular weight is 424 g/mol. The van der Waals surface area contributed by atoms with Crippen molar-refractivity contribution in [2.75, 3.05) is 26.7 Å². The minimum absolute atomic E-state index is 0.0707. The SMILES string of the molecule is C/C=C/c1cnc2c(c1)C(=O)N([C@@H](C)CO)C[C@@H](C)[C@@H](CN(C)Cc1ccccc1)O2. The molecule has 6 nitrogen and oxygen atoms in total. The van der Waals surface area contributed by atoms with Gasteiger partial charge in [-0.25, -0.2) is 4.98 Å². The summed E-state index contributed by atoms with van der Waals surface area (Å²) in [4.78, 5) is 21.8. The first-order chi connectivity index (χ1) is 14.9. The van der Waals surface area contributed by atoms with E-state index in [1.165, 1.54) is 5.56 Å². The van der Waals surface area contributed by atoms with Crippen molar-refractivity contribution in [2.45, 2.75) is 39.5 Å². The van der Waals surface area contributed by atoms with Crippen LogP contribution in [0.15, 0.2) is 48.7 Å². The number of benzene rings is 1. The Hall–Kier alpha value is -2.70. The van der Waals surface area contributed by atoms with Gasteiger partial charge < -0.3 is 14.7 Å². The number of pyridine rings is 1. The summed E-state index contributed by atoms with van der Waals surface area (Å²) in [6.07, 6.45) is 5.40. The van der Waals surface area contributed by atoms with Gasteiger partial charge in [-0.15, -0.1) is 0 Å². The van der Waals surface area contributed by atoms with Crippen molar-refractivity contribution >= 4 is 12.0 Å². The van der Waals surface area contributed by atoms with Crippen LogP contribution in [-0.4, -0.2) is 64.7 Å². The zero-order valence-electron chi connectivity index (χ0n) is 18.9. The Labute approximate surface area is 185 Å². The van der Waals surface area contributed by atoms with Crippen LogP contribution in [0.5, 0.6) is 5.88 Å². The molecule has 0 saturated carbocycles. The van der Waals surface area contributed by atoms with Gasteiger partial charge in [-0.2, -0.15) is 0 Å². The van der Waals surface area contributed by atoms with Crippen LogP contribution in [0, 0.1) is 5.92 Å². The van der Waals surface area contributed by atoms with Gasteiger partial charge in [-0.3, -0.25) is 9.69 Å². The highest BCUT2D eigenvalue weighted by Gasteiger charge is 2.34. The molecule has 31 heavy (non-hydrogen) atoms. The molecule has 2 aromatic rings. The van der Waals surface area contributed by atoms with Gasteiger partial charge >= 0.3 is 0 Å². The molecule has 1 N–H and O–H groups in total. The zero-order chi connectivity index (χ0) is 22.4. The summed E-state index contributed by atoms with van der Waals surface area (Å²) < 4.78 is 6.34. The van der Waals surface area contributed by atoms with Crippen molar-refractivity contribution in [2.24, 2.45) is 5.92 Å². The molecule has 0 spiro atoms. The number of rotatable bonds is 7. The molecule has 0 aliphatic carbocycles. The van der Waals surface area contributed by atoms with Crippen molar-refractivity contribution in [1.82, 2.24) is 14.8 Å². The average Bonchev–Trinajstić information content (AvgIpc) is 2.77. The van der Waals surface area contributed by atoms with Crippen molar-refractivity contribution in [3.63, 3.8) is 0 Å². The number of carbonyl (C=O) groups excluding carboxylic acids is 1. The number of hydrogen-bond donors (Lipinski definition) is 1. The number of allylic oxidation sites excluding steroid dienone is 1. The highest BCUT2D eigenvalue weighted by atomic mass is 16.5. The van der Waals surface area contributed by atoms with E-state index in [4.69, 9.17) is 4.74 Å². The molecule has 0 bridgehead atoms. The molecular formula is C25H33N3O3. The largest absolute Gasteiger partial charge is 0.472 e. The summed E-state index contributed by atoms with van der Waals surface area (Å²) >= 11 is 0. The number of fused-ring (bicyclic) bond motifs is 1. The van der Waals surface area contributed by atoms with Crippen molar-refractivity contribution in [3.8, 4) is 5.88 Å². The quantitative estimate of drug-likeness (QED) is 0.739. The second-order valence-corrected chi connectivity index (χ2v) is 8.43. The summed E-state index contributed by atoms with van der Waals surface area (Å²) in [5, 5.41) is 9.76. The van der Waals surface area contributed by atoms with Crippen LogP contribution in [-0.2, 0) is 6.54 Å². The number of nitrogens with zero attached hydrogens (tertiary/aromatic N) is 3. The molecule has 3 rings (SSSR count). The molecule has 166 valence electrons. The molecular weight excluding hydrogens is 390 g/mol. The summed E-state index contributed by atoms with van der Waals surface area (Å²) in [5.41, 5.74) is 2.53. The van der Waals surface area contributed by atoms with E-state index in [9.17, 15) is 9.90 Å². The first-order valence-corrected chi connectivity index (χ1v) is 10.9. The molecule has 1 amide bonds. The van der Waals surface area contributed by atoms with Crippen LogP contribution < -0.4 is 4.74 Å². The number of amides is 1. The highest BCUT2D eigenvalue weighted by molar-refractivity contribution is 5.97. The van der Waals surface area contributed by atoms with E-state index in [0.717, 1.165) is 12.1 Å². The lowest BCUT2D eigenvalue weighted by Crippen LogP contribution is -2.49. The Balaban J connectivity index is 1.89.